The molecule has 0 N–H and O–H groups in total. The van der Waals surface area contributed by atoms with Crippen molar-refractivity contribution in [3.05, 3.63) is 125 Å². The van der Waals surface area contributed by atoms with E-state index in [1.54, 1.807) is 37.7 Å². The van der Waals surface area contributed by atoms with Gasteiger partial charge in [0, 0.05) is 5.02 Å². The number of esters is 1. The van der Waals surface area contributed by atoms with Crippen molar-refractivity contribution in [1.29, 1.82) is 0 Å². The summed E-state index contributed by atoms with van der Waals surface area (Å²) >= 11 is 7.23. The van der Waals surface area contributed by atoms with E-state index in [4.69, 9.17) is 25.8 Å². The zero-order valence-corrected chi connectivity index (χ0v) is 23.8. The van der Waals surface area contributed by atoms with Crippen LogP contribution in [0.15, 0.2) is 93.9 Å². The molecule has 0 saturated carbocycles. The lowest BCUT2D eigenvalue weighted by Gasteiger charge is -2.24. The molecule has 0 saturated heterocycles. The predicted molar refractivity (Wildman–Crippen MR) is 156 cm³/mol. The minimum Gasteiger partial charge on any atom is -0.497 e. The van der Waals surface area contributed by atoms with Crippen molar-refractivity contribution in [3.63, 3.8) is 0 Å². The van der Waals surface area contributed by atoms with Crippen molar-refractivity contribution in [1.82, 2.24) is 4.57 Å². The highest BCUT2D eigenvalue weighted by molar-refractivity contribution is 7.07. The number of thiazole rings is 1. The summed E-state index contributed by atoms with van der Waals surface area (Å²) in [5, 5.41) is 0.681. The van der Waals surface area contributed by atoms with E-state index < -0.39 is 12.0 Å². The Morgan fingerprint density at radius 3 is 2.35 bits per heavy atom. The number of carbonyl (C=O) groups excluding carboxylic acids is 1. The lowest BCUT2D eigenvalue weighted by molar-refractivity contribution is -0.139. The summed E-state index contributed by atoms with van der Waals surface area (Å²) in [7, 11) is 1.59. The van der Waals surface area contributed by atoms with Gasteiger partial charge in [0.15, 0.2) is 4.80 Å². The monoisotopic (exact) mass is 574 g/mol. The lowest BCUT2D eigenvalue weighted by Crippen LogP contribution is -2.39. The molecule has 0 radical (unpaired) electrons. The van der Waals surface area contributed by atoms with Gasteiger partial charge in [0.25, 0.3) is 5.56 Å². The van der Waals surface area contributed by atoms with Crippen molar-refractivity contribution in [3.8, 4) is 11.5 Å². The van der Waals surface area contributed by atoms with Gasteiger partial charge >= 0.3 is 5.97 Å². The van der Waals surface area contributed by atoms with E-state index in [1.807, 2.05) is 66.7 Å². The molecule has 1 atom stereocenters. The van der Waals surface area contributed by atoms with Gasteiger partial charge in [0.05, 0.1) is 35.6 Å². The third kappa shape index (κ3) is 5.73. The molecule has 1 aromatic heterocycles. The number of halogens is 1. The van der Waals surface area contributed by atoms with Gasteiger partial charge < -0.3 is 14.2 Å². The summed E-state index contributed by atoms with van der Waals surface area (Å²) in [4.78, 5) is 31.9. The molecule has 9 heteroatoms. The van der Waals surface area contributed by atoms with Crippen LogP contribution in [0.3, 0.4) is 0 Å². The maximum Gasteiger partial charge on any atom is 0.338 e. The Hall–Kier alpha value is -4.14. The highest BCUT2D eigenvalue weighted by Gasteiger charge is 2.33. The fraction of sp³-hybridized carbons (Fsp3) is 0.194. The van der Waals surface area contributed by atoms with Crippen molar-refractivity contribution >= 4 is 35.0 Å². The number of carbonyl (C=O) groups is 1. The second kappa shape index (κ2) is 11.9. The van der Waals surface area contributed by atoms with E-state index in [-0.39, 0.29) is 12.2 Å². The molecule has 5 rings (SSSR count). The maximum atomic E-state index is 13.8. The Morgan fingerprint density at radius 2 is 1.70 bits per heavy atom. The molecular weight excluding hydrogens is 548 g/mol. The molecule has 0 bridgehead atoms. The van der Waals surface area contributed by atoms with Crippen LogP contribution in [0.25, 0.3) is 6.08 Å². The first-order valence-electron chi connectivity index (χ1n) is 12.7. The third-order valence-electron chi connectivity index (χ3n) is 6.45. The number of hydrogen-bond acceptors (Lipinski definition) is 7. The molecule has 0 fully saturated rings. The summed E-state index contributed by atoms with van der Waals surface area (Å²) < 4.78 is 18.6. The van der Waals surface area contributed by atoms with Crippen LogP contribution in [0.1, 0.15) is 36.6 Å². The van der Waals surface area contributed by atoms with E-state index >= 15 is 0 Å². The maximum absolute atomic E-state index is 13.8. The molecule has 1 aliphatic rings. The van der Waals surface area contributed by atoms with E-state index in [0.717, 1.165) is 16.7 Å². The standard InChI is InChI=1S/C31H27ClN2O5S/c1-4-38-30(36)27-19(2)33-31-34(28(27)22-9-15-24(37-3)16-10-22)29(35)26(40-31)17-20-7-13-25(14-8-20)39-18-21-5-11-23(32)12-6-21/h5-17,28H,4,18H2,1-3H3/b26-17-/t28-/m1/s1. The fourth-order valence-electron chi connectivity index (χ4n) is 4.45. The Bertz CT molecular complexity index is 1740. The smallest absolute Gasteiger partial charge is 0.338 e. The second-order valence-electron chi connectivity index (χ2n) is 9.06. The van der Waals surface area contributed by atoms with Gasteiger partial charge in [-0.3, -0.25) is 9.36 Å². The van der Waals surface area contributed by atoms with Gasteiger partial charge in [-0.15, -0.1) is 0 Å². The number of benzene rings is 3. The van der Waals surface area contributed by atoms with Gasteiger partial charge in [0.2, 0.25) is 0 Å². The van der Waals surface area contributed by atoms with Crippen molar-refractivity contribution in [2.24, 2.45) is 4.99 Å². The summed E-state index contributed by atoms with van der Waals surface area (Å²) in [5.74, 6) is 0.894. The van der Waals surface area contributed by atoms with Gasteiger partial charge in [0.1, 0.15) is 18.1 Å². The molecule has 1 aliphatic heterocycles. The number of hydrogen-bond donors (Lipinski definition) is 0. The van der Waals surface area contributed by atoms with Crippen LogP contribution < -0.4 is 24.4 Å². The Kier molecular flexibility index (Phi) is 8.19. The SMILES string of the molecule is CCOC(=O)C1=C(C)N=c2s/c(=C\c3ccc(OCc4ccc(Cl)cc4)cc3)c(=O)n2[C@@H]1c1ccc(OC)cc1. The Balaban J connectivity index is 1.49. The first kappa shape index (κ1) is 27.4. The number of aromatic nitrogens is 1. The number of rotatable bonds is 8. The summed E-state index contributed by atoms with van der Waals surface area (Å²) in [6.07, 6.45) is 1.82. The first-order valence-corrected chi connectivity index (χ1v) is 13.9. The summed E-state index contributed by atoms with van der Waals surface area (Å²) in [5.41, 5.74) is 3.24. The minimum atomic E-state index is -0.674. The van der Waals surface area contributed by atoms with E-state index in [0.29, 0.717) is 43.7 Å². The fourth-order valence-corrected chi connectivity index (χ4v) is 5.62. The van der Waals surface area contributed by atoms with Crippen molar-refractivity contribution in [2.45, 2.75) is 26.5 Å². The van der Waals surface area contributed by atoms with Gasteiger partial charge in [-0.1, -0.05) is 59.3 Å². The van der Waals surface area contributed by atoms with E-state index in [9.17, 15) is 9.59 Å². The molecular formula is C31H27ClN2O5S. The Morgan fingerprint density at radius 1 is 1.02 bits per heavy atom. The van der Waals surface area contributed by atoms with Crippen LogP contribution in [0, 0.1) is 0 Å². The third-order valence-corrected chi connectivity index (χ3v) is 7.68. The molecule has 40 heavy (non-hydrogen) atoms. The number of methoxy groups -OCH3 is 1. The molecule has 7 nitrogen and oxygen atoms in total. The van der Waals surface area contributed by atoms with Crippen LogP contribution in [-0.2, 0) is 16.1 Å². The quantitative estimate of drug-likeness (QED) is 0.276. The molecule has 4 aromatic rings. The van der Waals surface area contributed by atoms with Gasteiger partial charge in [-0.2, -0.15) is 0 Å². The van der Waals surface area contributed by atoms with Crippen LogP contribution in [-0.4, -0.2) is 24.3 Å². The molecule has 2 heterocycles. The topological polar surface area (TPSA) is 79.1 Å². The second-order valence-corrected chi connectivity index (χ2v) is 10.5. The molecule has 0 unspecified atom stereocenters. The highest BCUT2D eigenvalue weighted by Crippen LogP contribution is 2.31. The van der Waals surface area contributed by atoms with Gasteiger partial charge in [-0.25, -0.2) is 9.79 Å². The number of fused-ring (bicyclic) bond motifs is 1. The molecule has 3 aromatic carbocycles. The number of nitrogens with zero attached hydrogens (tertiary/aromatic N) is 2. The Labute approximate surface area is 240 Å². The van der Waals surface area contributed by atoms with E-state index in [2.05, 4.69) is 4.99 Å². The zero-order chi connectivity index (χ0) is 28.2. The first-order chi connectivity index (χ1) is 19.4. The van der Waals surface area contributed by atoms with E-state index in [1.165, 1.54) is 11.3 Å². The molecule has 0 amide bonds. The predicted octanol–water partition coefficient (Wildman–Crippen LogP) is 5.04. The van der Waals surface area contributed by atoms with Crippen molar-refractivity contribution in [2.75, 3.05) is 13.7 Å². The lowest BCUT2D eigenvalue weighted by atomic mass is 9.96. The molecule has 204 valence electrons. The van der Waals surface area contributed by atoms with Crippen LogP contribution in [0.5, 0.6) is 11.5 Å². The van der Waals surface area contributed by atoms with Crippen LogP contribution >= 0.6 is 22.9 Å². The zero-order valence-electron chi connectivity index (χ0n) is 22.2. The minimum absolute atomic E-state index is 0.217. The summed E-state index contributed by atoms with van der Waals surface area (Å²) in [6, 6.07) is 21.6. The summed E-state index contributed by atoms with van der Waals surface area (Å²) in [6.45, 7) is 4.15. The van der Waals surface area contributed by atoms with Crippen LogP contribution in [0.2, 0.25) is 5.02 Å². The number of allylic oxidation sites excluding steroid dienone is 1. The highest BCUT2D eigenvalue weighted by atomic mass is 35.5. The normalized spacial score (nSPS) is 14.9. The van der Waals surface area contributed by atoms with Crippen LogP contribution in [0.4, 0.5) is 0 Å². The number of ether oxygens (including phenoxy) is 3. The van der Waals surface area contributed by atoms with Crippen molar-refractivity contribution < 1.29 is 19.0 Å². The average molecular weight is 575 g/mol. The molecule has 0 spiro atoms. The largest absolute Gasteiger partial charge is 0.497 e. The molecule has 0 aliphatic carbocycles. The van der Waals surface area contributed by atoms with Gasteiger partial charge in [-0.05, 0) is 73.0 Å². The average Bonchev–Trinajstić information content (AvgIpc) is 3.26.